The second kappa shape index (κ2) is 7.08. The van der Waals surface area contributed by atoms with Crippen LogP contribution in [0.5, 0.6) is 5.75 Å². The van der Waals surface area contributed by atoms with Gasteiger partial charge in [0.25, 0.3) is 0 Å². The highest BCUT2D eigenvalue weighted by Crippen LogP contribution is 2.28. The average Bonchev–Trinajstić information content (AvgIpc) is 2.36. The number of aliphatic hydroxyl groups excluding tert-OH is 2. The fourth-order valence-corrected chi connectivity index (χ4v) is 1.78. The van der Waals surface area contributed by atoms with Crippen LogP contribution in [-0.4, -0.2) is 46.1 Å². The van der Waals surface area contributed by atoms with E-state index in [2.05, 4.69) is 5.32 Å². The maximum atomic E-state index is 10.6. The Balaban J connectivity index is 2.88. The predicted molar refractivity (Wildman–Crippen MR) is 69.0 cm³/mol. The summed E-state index contributed by atoms with van der Waals surface area (Å²) >= 11 is 0. The fraction of sp³-hybridized carbons (Fsp3) is 0.462. The topological polar surface area (TPSA) is 110 Å². The summed E-state index contributed by atoms with van der Waals surface area (Å²) in [5.74, 6) is -1.16. The third-order valence-electron chi connectivity index (χ3n) is 2.82. The minimum Gasteiger partial charge on any atom is -0.508 e. The molecule has 19 heavy (non-hydrogen) atoms. The molecule has 2 atom stereocenters. The number of carboxylic acid groups (broad SMARTS) is 1. The predicted octanol–water partition coefficient (Wildman–Crippen LogP) is 0.0231. The van der Waals surface area contributed by atoms with Crippen molar-refractivity contribution in [1.29, 1.82) is 0 Å². The van der Waals surface area contributed by atoms with Crippen molar-refractivity contribution >= 4 is 5.97 Å². The van der Waals surface area contributed by atoms with Crippen molar-refractivity contribution in [3.63, 3.8) is 0 Å². The number of rotatable bonds is 7. The van der Waals surface area contributed by atoms with E-state index in [1.807, 2.05) is 0 Å². The third-order valence-corrected chi connectivity index (χ3v) is 2.82. The molecule has 6 heteroatoms. The van der Waals surface area contributed by atoms with E-state index in [4.69, 9.17) is 5.11 Å². The first-order valence-corrected chi connectivity index (χ1v) is 6.00. The molecule has 0 saturated heterocycles. The summed E-state index contributed by atoms with van der Waals surface area (Å²) in [6.45, 7) is 0.522. The molecular weight excluding hydrogens is 250 g/mol. The van der Waals surface area contributed by atoms with Gasteiger partial charge < -0.3 is 25.7 Å². The summed E-state index contributed by atoms with van der Waals surface area (Å²) in [6, 6.07) is 4.19. The van der Waals surface area contributed by atoms with Gasteiger partial charge in [-0.2, -0.15) is 0 Å². The summed E-state index contributed by atoms with van der Waals surface area (Å²) in [6.07, 6.45) is -2.16. The largest absolute Gasteiger partial charge is 0.508 e. The zero-order chi connectivity index (χ0) is 14.4. The number of aromatic hydroxyl groups is 1. The van der Waals surface area contributed by atoms with Gasteiger partial charge in [0.2, 0.25) is 0 Å². The molecule has 0 fully saturated rings. The van der Waals surface area contributed by atoms with E-state index in [-0.39, 0.29) is 17.7 Å². The van der Waals surface area contributed by atoms with Gasteiger partial charge >= 0.3 is 5.97 Å². The van der Waals surface area contributed by atoms with Gasteiger partial charge in [0, 0.05) is 5.56 Å². The van der Waals surface area contributed by atoms with Gasteiger partial charge in [-0.3, -0.25) is 4.79 Å². The summed E-state index contributed by atoms with van der Waals surface area (Å²) in [5, 5.41) is 41.0. The Morgan fingerprint density at radius 1 is 1.37 bits per heavy atom. The molecular formula is C13H19NO5. The molecule has 5 N–H and O–H groups in total. The maximum Gasteiger partial charge on any atom is 0.307 e. The molecule has 0 radical (unpaired) electrons. The Morgan fingerprint density at radius 2 is 2.05 bits per heavy atom. The van der Waals surface area contributed by atoms with E-state index in [1.165, 1.54) is 18.2 Å². The van der Waals surface area contributed by atoms with Crippen LogP contribution in [0.15, 0.2) is 18.2 Å². The first-order chi connectivity index (χ1) is 8.95. The van der Waals surface area contributed by atoms with Gasteiger partial charge in [-0.1, -0.05) is 6.07 Å². The normalized spacial score (nSPS) is 14.1. The number of carboxylic acids is 1. The molecule has 0 aliphatic heterocycles. The van der Waals surface area contributed by atoms with Crippen LogP contribution in [0.3, 0.4) is 0 Å². The first-order valence-electron chi connectivity index (χ1n) is 6.00. The van der Waals surface area contributed by atoms with Crippen molar-refractivity contribution in [2.24, 2.45) is 0 Å². The Kier molecular flexibility index (Phi) is 5.75. The zero-order valence-corrected chi connectivity index (χ0v) is 10.7. The quantitative estimate of drug-likeness (QED) is 0.477. The summed E-state index contributed by atoms with van der Waals surface area (Å²) in [4.78, 5) is 10.6. The molecule has 0 aromatic heterocycles. The van der Waals surface area contributed by atoms with Crippen LogP contribution in [0.4, 0.5) is 0 Å². The smallest absolute Gasteiger partial charge is 0.307 e. The maximum absolute atomic E-state index is 10.6. The van der Waals surface area contributed by atoms with Crippen LogP contribution in [0.25, 0.3) is 0 Å². The molecule has 0 saturated carbocycles. The second-order valence-electron chi connectivity index (χ2n) is 4.37. The second-order valence-corrected chi connectivity index (χ2v) is 4.37. The van der Waals surface area contributed by atoms with Crippen LogP contribution < -0.4 is 5.32 Å². The van der Waals surface area contributed by atoms with E-state index < -0.39 is 18.2 Å². The van der Waals surface area contributed by atoms with Crippen LogP contribution in [0, 0.1) is 0 Å². The average molecular weight is 269 g/mol. The van der Waals surface area contributed by atoms with E-state index in [9.17, 15) is 20.1 Å². The molecule has 1 aromatic rings. The molecule has 1 rings (SSSR count). The minimum atomic E-state index is -1.25. The Morgan fingerprint density at radius 3 is 2.63 bits per heavy atom. The standard InChI is InChI=1S/C13H19NO5/c1-14-5-4-11(16)13(19)9-6-8(7-12(17)18)2-3-10(9)15/h2-3,6,11,13-16,19H,4-5,7H2,1H3,(H,17,18). The van der Waals surface area contributed by atoms with Crippen LogP contribution in [0.1, 0.15) is 23.7 Å². The number of nitrogens with one attached hydrogen (secondary N) is 1. The van der Waals surface area contributed by atoms with Crippen molar-refractivity contribution in [2.75, 3.05) is 13.6 Å². The lowest BCUT2D eigenvalue weighted by atomic mass is 9.98. The van der Waals surface area contributed by atoms with Crippen molar-refractivity contribution < 1.29 is 25.2 Å². The SMILES string of the molecule is CNCCC(O)C(O)c1cc(CC(=O)O)ccc1O. The number of benzene rings is 1. The lowest BCUT2D eigenvalue weighted by Gasteiger charge is -2.19. The van der Waals surface area contributed by atoms with Gasteiger partial charge in [-0.15, -0.1) is 0 Å². The van der Waals surface area contributed by atoms with E-state index in [0.29, 0.717) is 18.5 Å². The number of aliphatic carboxylic acids is 1. The Labute approximate surface area is 111 Å². The Hall–Kier alpha value is -1.63. The van der Waals surface area contributed by atoms with Crippen molar-refractivity contribution in [3.05, 3.63) is 29.3 Å². The monoisotopic (exact) mass is 269 g/mol. The van der Waals surface area contributed by atoms with Crippen molar-refractivity contribution in [3.8, 4) is 5.75 Å². The fourth-order valence-electron chi connectivity index (χ4n) is 1.78. The number of hydrogen-bond acceptors (Lipinski definition) is 5. The number of phenolic OH excluding ortho intramolecular Hbond substituents is 1. The number of hydrogen-bond donors (Lipinski definition) is 5. The summed E-state index contributed by atoms with van der Waals surface area (Å²) < 4.78 is 0. The summed E-state index contributed by atoms with van der Waals surface area (Å²) in [5.41, 5.74) is 0.600. The molecule has 106 valence electrons. The number of carbonyl (C=O) groups is 1. The van der Waals surface area contributed by atoms with Crippen LogP contribution >= 0.6 is 0 Å². The molecule has 0 bridgehead atoms. The van der Waals surface area contributed by atoms with E-state index in [1.54, 1.807) is 7.05 Å². The Bertz CT molecular complexity index is 435. The van der Waals surface area contributed by atoms with Gasteiger partial charge in [0.1, 0.15) is 11.9 Å². The van der Waals surface area contributed by atoms with E-state index >= 15 is 0 Å². The zero-order valence-electron chi connectivity index (χ0n) is 10.7. The van der Waals surface area contributed by atoms with E-state index in [0.717, 1.165) is 0 Å². The van der Waals surface area contributed by atoms with Gasteiger partial charge in [-0.25, -0.2) is 0 Å². The highest BCUT2D eigenvalue weighted by atomic mass is 16.4. The first kappa shape index (κ1) is 15.4. The number of phenols is 1. The highest BCUT2D eigenvalue weighted by Gasteiger charge is 2.21. The van der Waals surface area contributed by atoms with Crippen molar-refractivity contribution in [2.45, 2.75) is 25.0 Å². The van der Waals surface area contributed by atoms with Gasteiger partial charge in [-0.05, 0) is 37.7 Å². The molecule has 0 aliphatic carbocycles. The number of aliphatic hydroxyl groups is 2. The van der Waals surface area contributed by atoms with Gasteiger partial charge in [0.15, 0.2) is 0 Å². The van der Waals surface area contributed by atoms with Gasteiger partial charge in [0.05, 0.1) is 12.5 Å². The highest BCUT2D eigenvalue weighted by molar-refractivity contribution is 5.70. The molecule has 0 amide bonds. The van der Waals surface area contributed by atoms with Crippen LogP contribution in [0.2, 0.25) is 0 Å². The van der Waals surface area contributed by atoms with Crippen molar-refractivity contribution in [1.82, 2.24) is 5.32 Å². The molecule has 6 nitrogen and oxygen atoms in total. The third kappa shape index (κ3) is 4.51. The molecule has 0 spiro atoms. The molecule has 1 aromatic carbocycles. The molecule has 2 unspecified atom stereocenters. The lowest BCUT2D eigenvalue weighted by Crippen LogP contribution is -2.23. The molecule has 0 aliphatic rings. The molecule has 0 heterocycles. The minimum absolute atomic E-state index is 0.141. The summed E-state index contributed by atoms with van der Waals surface area (Å²) in [7, 11) is 1.73. The van der Waals surface area contributed by atoms with Crippen LogP contribution in [-0.2, 0) is 11.2 Å². The lowest BCUT2D eigenvalue weighted by molar-refractivity contribution is -0.136.